The van der Waals surface area contributed by atoms with Gasteiger partial charge in [-0.05, 0) is 0 Å². The van der Waals surface area contributed by atoms with Gasteiger partial charge >= 0.3 is 223 Å². The summed E-state index contributed by atoms with van der Waals surface area (Å²) in [6.45, 7) is 10.7. The zero-order valence-corrected chi connectivity index (χ0v) is 26.3. The molecule has 0 spiro atoms. The first-order valence-corrected chi connectivity index (χ1v) is 21.2. The summed E-state index contributed by atoms with van der Waals surface area (Å²) in [4.78, 5) is 26.6. The molecule has 1 saturated heterocycles. The van der Waals surface area contributed by atoms with Crippen molar-refractivity contribution in [3.05, 3.63) is 32.4 Å². The zero-order chi connectivity index (χ0) is 26.6. The Balaban J connectivity index is 2.62. The number of unbranched alkanes of at least 4 members (excludes halogenated alkanes) is 3. The standard InChI is InChI=1S/C17H20NO5.3C4H9.Sn/c1-12-10-13(11-14(15(12)21-2)16(19)22-3)6-4-5-7-18-8-9-23-17(18)20;3*1-3-4-2;/h6,10-11H,5,7-9H2,1-3H3;3*1,3-4H2,2H3;. The maximum atomic E-state index is 12.6. The van der Waals surface area contributed by atoms with E-state index in [0.29, 0.717) is 31.0 Å². The number of methoxy groups -OCH3 is 2. The van der Waals surface area contributed by atoms with E-state index in [2.05, 4.69) is 32.9 Å². The van der Waals surface area contributed by atoms with Gasteiger partial charge in [0.15, 0.2) is 0 Å². The van der Waals surface area contributed by atoms with Crippen LogP contribution in [0, 0.1) is 6.92 Å². The molecule has 2 rings (SSSR count). The van der Waals surface area contributed by atoms with Crippen LogP contribution < -0.4 is 4.74 Å². The van der Waals surface area contributed by atoms with Crippen LogP contribution in [0.3, 0.4) is 0 Å². The molecule has 0 atom stereocenters. The Hall–Kier alpha value is -1.70. The van der Waals surface area contributed by atoms with Crippen LogP contribution in [-0.2, 0) is 9.47 Å². The van der Waals surface area contributed by atoms with Gasteiger partial charge in [-0.2, -0.15) is 0 Å². The number of hydrogen-bond donors (Lipinski definition) is 0. The number of carbonyl (C=O) groups is 2. The Morgan fingerprint density at radius 2 is 1.67 bits per heavy atom. The van der Waals surface area contributed by atoms with E-state index in [9.17, 15) is 9.59 Å². The molecule has 0 unspecified atom stereocenters. The van der Waals surface area contributed by atoms with Crippen molar-refractivity contribution in [2.24, 2.45) is 0 Å². The van der Waals surface area contributed by atoms with E-state index in [1.54, 1.807) is 10.7 Å². The normalized spacial score (nSPS) is 14.2. The van der Waals surface area contributed by atoms with Gasteiger partial charge in [0.1, 0.15) is 0 Å². The quantitative estimate of drug-likeness (QED) is 0.145. The second kappa shape index (κ2) is 15.5. The van der Waals surface area contributed by atoms with E-state index in [1.807, 2.05) is 17.9 Å². The summed E-state index contributed by atoms with van der Waals surface area (Å²) in [7, 11) is 2.99. The number of hydrogen-bond acceptors (Lipinski definition) is 5. The predicted octanol–water partition coefficient (Wildman–Crippen LogP) is 7.40. The van der Waals surface area contributed by atoms with E-state index >= 15 is 0 Å². The van der Waals surface area contributed by atoms with Gasteiger partial charge in [-0.3, -0.25) is 0 Å². The fraction of sp³-hybridized carbons (Fsp3) is 0.655. The van der Waals surface area contributed by atoms with Gasteiger partial charge in [0.05, 0.1) is 0 Å². The first kappa shape index (κ1) is 30.5. The summed E-state index contributed by atoms with van der Waals surface area (Å²) in [5.41, 5.74) is 2.41. The summed E-state index contributed by atoms with van der Waals surface area (Å²) in [5.74, 6) is 0.183. The molecule has 1 aliphatic rings. The molecule has 0 aliphatic carbocycles. The fourth-order valence-electron chi connectivity index (χ4n) is 5.40. The Kier molecular flexibility index (Phi) is 13.2. The average molecular weight is 608 g/mol. The molecule has 6 nitrogen and oxygen atoms in total. The van der Waals surface area contributed by atoms with E-state index in [1.165, 1.54) is 58.9 Å². The molecule has 0 aromatic heterocycles. The van der Waals surface area contributed by atoms with Crippen molar-refractivity contribution >= 4 is 36.5 Å². The molecule has 1 aromatic carbocycles. The fourth-order valence-corrected chi connectivity index (χ4v) is 22.3. The molecule has 0 saturated carbocycles. The van der Waals surface area contributed by atoms with Gasteiger partial charge in [-0.25, -0.2) is 0 Å². The van der Waals surface area contributed by atoms with Crippen LogP contribution in [0.15, 0.2) is 15.7 Å². The van der Waals surface area contributed by atoms with Crippen molar-refractivity contribution in [3.63, 3.8) is 0 Å². The minimum absolute atomic E-state index is 0.195. The third kappa shape index (κ3) is 8.15. The second-order valence-electron chi connectivity index (χ2n) is 10.0. The van der Waals surface area contributed by atoms with E-state index < -0.39 is 18.4 Å². The Bertz CT molecular complexity index is 876. The van der Waals surface area contributed by atoms with E-state index in [4.69, 9.17) is 14.2 Å². The van der Waals surface area contributed by atoms with Gasteiger partial charge in [0.25, 0.3) is 0 Å². The van der Waals surface area contributed by atoms with Crippen LogP contribution in [0.25, 0.3) is 6.08 Å². The van der Waals surface area contributed by atoms with Crippen LogP contribution in [0.2, 0.25) is 13.3 Å². The number of carbonyl (C=O) groups excluding carboxylic acids is 2. The van der Waals surface area contributed by atoms with Crippen molar-refractivity contribution < 1.29 is 23.8 Å². The van der Waals surface area contributed by atoms with Crippen molar-refractivity contribution in [3.8, 4) is 5.75 Å². The Labute approximate surface area is 222 Å². The van der Waals surface area contributed by atoms with Gasteiger partial charge in [-0.15, -0.1) is 0 Å². The Morgan fingerprint density at radius 1 is 1.06 bits per heavy atom. The molecule has 0 radical (unpaired) electrons. The summed E-state index contributed by atoms with van der Waals surface area (Å²) >= 11 is -2.79. The molecule has 1 aromatic rings. The van der Waals surface area contributed by atoms with Gasteiger partial charge in [0, 0.05) is 0 Å². The molecule has 1 fully saturated rings. The third-order valence-corrected chi connectivity index (χ3v) is 23.7. The molecule has 7 heteroatoms. The summed E-state index contributed by atoms with van der Waals surface area (Å²) < 4.78 is 21.4. The van der Waals surface area contributed by atoms with Crippen molar-refractivity contribution in [2.75, 3.05) is 33.9 Å². The van der Waals surface area contributed by atoms with Gasteiger partial charge in [-0.1, -0.05) is 0 Å². The number of rotatable bonds is 16. The molecule has 202 valence electrons. The Morgan fingerprint density at radius 3 is 2.14 bits per heavy atom. The van der Waals surface area contributed by atoms with Crippen molar-refractivity contribution in [1.29, 1.82) is 0 Å². The first-order chi connectivity index (χ1) is 17.3. The maximum absolute atomic E-state index is 12.6. The van der Waals surface area contributed by atoms with Gasteiger partial charge in [0.2, 0.25) is 0 Å². The summed E-state index contributed by atoms with van der Waals surface area (Å²) in [6, 6.07) is 4.03. The van der Waals surface area contributed by atoms with E-state index in [-0.39, 0.29) is 12.1 Å². The van der Waals surface area contributed by atoms with Crippen molar-refractivity contribution in [2.45, 2.75) is 86.0 Å². The number of benzene rings is 1. The molecule has 0 N–H and O–H groups in total. The monoisotopic (exact) mass is 609 g/mol. The molecule has 0 bridgehead atoms. The SMILES string of the molecule is CCC[CH2][Sn]([CH2]CCC)([CH2]CCC)/[C](=C/c1cc(C)c(OC)c(C(=O)OC)c1)CCN1CCOC1=O. The molecule has 1 amide bonds. The van der Waals surface area contributed by atoms with Crippen LogP contribution in [-0.4, -0.2) is 69.3 Å². The molecular weight excluding hydrogens is 561 g/mol. The average Bonchev–Trinajstić information content (AvgIpc) is 3.30. The van der Waals surface area contributed by atoms with Crippen molar-refractivity contribution in [1.82, 2.24) is 4.90 Å². The number of esters is 1. The molecule has 1 heterocycles. The second-order valence-corrected chi connectivity index (χ2v) is 23.4. The number of amides is 1. The summed E-state index contributed by atoms with van der Waals surface area (Å²) in [6.07, 6.45) is 10.5. The zero-order valence-electron chi connectivity index (χ0n) is 23.4. The topological polar surface area (TPSA) is 65.1 Å². The van der Waals surface area contributed by atoms with Crippen LogP contribution in [0.5, 0.6) is 5.75 Å². The molecule has 36 heavy (non-hydrogen) atoms. The number of nitrogens with zero attached hydrogens (tertiary/aromatic N) is 1. The molecule has 1 aliphatic heterocycles. The predicted molar refractivity (Wildman–Crippen MR) is 149 cm³/mol. The first-order valence-electron chi connectivity index (χ1n) is 13.7. The number of ether oxygens (including phenoxy) is 3. The number of cyclic esters (lactones) is 1. The molecular formula is C29H47NO5Sn. The van der Waals surface area contributed by atoms with Gasteiger partial charge < -0.3 is 0 Å². The van der Waals surface area contributed by atoms with Crippen LogP contribution >= 0.6 is 0 Å². The van der Waals surface area contributed by atoms with E-state index in [0.717, 1.165) is 17.5 Å². The summed E-state index contributed by atoms with van der Waals surface area (Å²) in [5, 5.41) is 0. The third-order valence-electron chi connectivity index (χ3n) is 7.45. The minimum atomic E-state index is -2.79. The van der Waals surface area contributed by atoms with Crippen LogP contribution in [0.4, 0.5) is 4.79 Å². The van der Waals surface area contributed by atoms with Crippen LogP contribution in [0.1, 0.15) is 87.2 Å². The number of aryl methyl sites for hydroxylation is 1.